The number of benzene rings is 1. The number of furan rings is 1. The molecule has 1 atom stereocenters. The monoisotopic (exact) mass is 338 g/mol. The van der Waals surface area contributed by atoms with E-state index in [1.807, 2.05) is 25.1 Å². The van der Waals surface area contributed by atoms with E-state index < -0.39 is 6.04 Å². The van der Waals surface area contributed by atoms with Gasteiger partial charge in [-0.05, 0) is 49.4 Å². The number of anilines is 2. The van der Waals surface area contributed by atoms with Crippen LogP contribution in [0.25, 0.3) is 0 Å². The molecule has 1 unspecified atom stereocenters. The molecule has 1 aromatic carbocycles. The molecule has 2 aromatic heterocycles. The van der Waals surface area contributed by atoms with Gasteiger partial charge >= 0.3 is 0 Å². The van der Waals surface area contributed by atoms with E-state index >= 15 is 0 Å². The molecule has 0 saturated heterocycles. The van der Waals surface area contributed by atoms with Gasteiger partial charge in [-0.15, -0.1) is 5.10 Å². The van der Waals surface area contributed by atoms with Crippen molar-refractivity contribution in [3.63, 3.8) is 0 Å². The van der Waals surface area contributed by atoms with Crippen molar-refractivity contribution < 1.29 is 14.3 Å². The number of aliphatic hydroxyl groups excluding tert-OH is 1. The summed E-state index contributed by atoms with van der Waals surface area (Å²) in [6.07, 6.45) is 1.50. The molecule has 0 aliphatic rings. The van der Waals surface area contributed by atoms with Gasteiger partial charge in [0.2, 0.25) is 0 Å². The van der Waals surface area contributed by atoms with Crippen LogP contribution < -0.4 is 10.6 Å². The highest BCUT2D eigenvalue weighted by Crippen LogP contribution is 2.18. The van der Waals surface area contributed by atoms with Gasteiger partial charge in [-0.3, -0.25) is 4.79 Å². The molecule has 0 fully saturated rings. The average Bonchev–Trinajstić information content (AvgIpc) is 3.16. The average molecular weight is 338 g/mol. The Balaban J connectivity index is 1.71. The first kappa shape index (κ1) is 16.7. The van der Waals surface area contributed by atoms with Gasteiger partial charge in [-0.2, -0.15) is 5.10 Å². The lowest BCUT2D eigenvalue weighted by Crippen LogP contribution is -2.30. The maximum Gasteiger partial charge on any atom is 0.252 e. The van der Waals surface area contributed by atoms with Gasteiger partial charge in [-0.25, -0.2) is 0 Å². The Bertz CT molecular complexity index is 832. The Morgan fingerprint density at radius 3 is 2.76 bits per heavy atom. The predicted octanol–water partition coefficient (Wildman–Crippen LogP) is 2.59. The van der Waals surface area contributed by atoms with Crippen LogP contribution in [0.5, 0.6) is 0 Å². The predicted molar refractivity (Wildman–Crippen MR) is 92.5 cm³/mol. The zero-order chi connectivity index (χ0) is 17.6. The molecule has 7 heteroatoms. The van der Waals surface area contributed by atoms with Crippen LogP contribution in [-0.4, -0.2) is 27.8 Å². The molecule has 0 radical (unpaired) electrons. The van der Waals surface area contributed by atoms with Crippen LogP contribution in [0.1, 0.15) is 27.9 Å². The summed E-state index contributed by atoms with van der Waals surface area (Å²) in [5.41, 5.74) is 1.99. The molecular weight excluding hydrogens is 320 g/mol. The first-order valence-corrected chi connectivity index (χ1v) is 7.78. The summed E-state index contributed by atoms with van der Waals surface area (Å²) in [6, 6.07) is 13.5. The van der Waals surface area contributed by atoms with E-state index in [1.54, 1.807) is 30.3 Å². The molecule has 1 amide bonds. The van der Waals surface area contributed by atoms with Crippen molar-refractivity contribution in [1.29, 1.82) is 0 Å². The minimum Gasteiger partial charge on any atom is -0.467 e. The minimum absolute atomic E-state index is 0.254. The highest BCUT2D eigenvalue weighted by Gasteiger charge is 2.17. The second-order valence-electron chi connectivity index (χ2n) is 5.49. The van der Waals surface area contributed by atoms with Crippen molar-refractivity contribution in [1.82, 2.24) is 15.5 Å². The van der Waals surface area contributed by atoms with Gasteiger partial charge in [0.1, 0.15) is 11.8 Å². The summed E-state index contributed by atoms with van der Waals surface area (Å²) in [4.78, 5) is 12.4. The number of aliphatic hydroxyl groups is 1. The van der Waals surface area contributed by atoms with Gasteiger partial charge in [0.25, 0.3) is 5.91 Å². The molecule has 0 aliphatic carbocycles. The van der Waals surface area contributed by atoms with Crippen molar-refractivity contribution in [3.8, 4) is 0 Å². The number of amides is 1. The molecule has 0 bridgehead atoms. The van der Waals surface area contributed by atoms with Crippen LogP contribution in [0.4, 0.5) is 11.5 Å². The van der Waals surface area contributed by atoms with Crippen LogP contribution in [0, 0.1) is 6.92 Å². The van der Waals surface area contributed by atoms with Crippen LogP contribution in [0.2, 0.25) is 0 Å². The van der Waals surface area contributed by atoms with E-state index in [1.165, 1.54) is 6.26 Å². The summed E-state index contributed by atoms with van der Waals surface area (Å²) in [5, 5.41) is 23.3. The number of hydrogen-bond acceptors (Lipinski definition) is 6. The maximum atomic E-state index is 12.4. The third-order valence-electron chi connectivity index (χ3n) is 3.57. The second kappa shape index (κ2) is 7.59. The molecule has 3 rings (SSSR count). The normalized spacial score (nSPS) is 11.8. The lowest BCUT2D eigenvalue weighted by molar-refractivity contribution is 0.0907. The Hall–Kier alpha value is -3.19. The number of carbonyl (C=O) groups excluding carboxylic acids is 1. The third kappa shape index (κ3) is 4.21. The van der Waals surface area contributed by atoms with Gasteiger partial charge in [0.15, 0.2) is 5.82 Å². The maximum absolute atomic E-state index is 12.4. The van der Waals surface area contributed by atoms with Gasteiger partial charge in [-0.1, -0.05) is 6.07 Å². The first-order chi connectivity index (χ1) is 12.2. The molecule has 25 heavy (non-hydrogen) atoms. The minimum atomic E-state index is -0.595. The zero-order valence-corrected chi connectivity index (χ0v) is 13.6. The van der Waals surface area contributed by atoms with E-state index in [0.717, 1.165) is 5.69 Å². The molecule has 7 nitrogen and oxygen atoms in total. The van der Waals surface area contributed by atoms with Crippen molar-refractivity contribution in [2.45, 2.75) is 13.0 Å². The topological polar surface area (TPSA) is 100 Å². The molecule has 0 spiro atoms. The number of hydrogen-bond donors (Lipinski definition) is 3. The van der Waals surface area contributed by atoms with E-state index in [9.17, 15) is 9.90 Å². The van der Waals surface area contributed by atoms with Gasteiger partial charge < -0.3 is 20.2 Å². The molecule has 0 aliphatic heterocycles. The summed E-state index contributed by atoms with van der Waals surface area (Å²) in [6.45, 7) is 1.61. The Morgan fingerprint density at radius 2 is 2.08 bits per heavy atom. The molecule has 2 heterocycles. The fourth-order valence-electron chi connectivity index (χ4n) is 2.29. The molecule has 3 aromatic rings. The number of nitrogens with one attached hydrogen (secondary N) is 2. The highest BCUT2D eigenvalue weighted by molar-refractivity contribution is 5.95. The summed E-state index contributed by atoms with van der Waals surface area (Å²) >= 11 is 0. The number of aryl methyl sites for hydroxylation is 1. The Morgan fingerprint density at radius 1 is 1.20 bits per heavy atom. The lowest BCUT2D eigenvalue weighted by atomic mass is 10.1. The summed E-state index contributed by atoms with van der Waals surface area (Å²) < 4.78 is 5.23. The quantitative estimate of drug-likeness (QED) is 0.639. The lowest BCUT2D eigenvalue weighted by Gasteiger charge is -2.14. The van der Waals surface area contributed by atoms with Crippen LogP contribution in [0.3, 0.4) is 0 Å². The Labute approximate surface area is 144 Å². The first-order valence-electron chi connectivity index (χ1n) is 7.78. The van der Waals surface area contributed by atoms with Crippen molar-refractivity contribution in [2.75, 3.05) is 11.9 Å². The molecule has 3 N–H and O–H groups in total. The van der Waals surface area contributed by atoms with E-state index in [-0.39, 0.29) is 12.5 Å². The fourth-order valence-corrected chi connectivity index (χ4v) is 2.29. The largest absolute Gasteiger partial charge is 0.467 e. The molecule has 128 valence electrons. The van der Waals surface area contributed by atoms with Crippen LogP contribution in [0.15, 0.2) is 59.2 Å². The van der Waals surface area contributed by atoms with E-state index in [2.05, 4.69) is 20.8 Å². The number of rotatable bonds is 6. The number of carbonyl (C=O) groups is 1. The molecule has 0 saturated carbocycles. The standard InChI is InChI=1S/C18H18N4O3/c1-12-7-8-17(22-21-12)19-14-5-2-4-13(10-14)18(24)20-15(11-23)16-6-3-9-25-16/h2-10,15,23H,11H2,1H3,(H,19,22)(H,20,24). The van der Waals surface area contributed by atoms with Crippen LogP contribution >= 0.6 is 0 Å². The third-order valence-corrected chi connectivity index (χ3v) is 3.57. The summed E-state index contributed by atoms with van der Waals surface area (Å²) in [7, 11) is 0. The van der Waals surface area contributed by atoms with Gasteiger partial charge in [0, 0.05) is 11.3 Å². The SMILES string of the molecule is Cc1ccc(Nc2cccc(C(=O)NC(CO)c3ccco3)c2)nn1. The fraction of sp³-hybridized carbons (Fsp3) is 0.167. The summed E-state index contributed by atoms with van der Waals surface area (Å²) in [5.74, 6) is 0.779. The number of nitrogens with zero attached hydrogens (tertiary/aromatic N) is 2. The highest BCUT2D eigenvalue weighted by atomic mass is 16.3. The van der Waals surface area contributed by atoms with E-state index in [4.69, 9.17) is 4.42 Å². The van der Waals surface area contributed by atoms with Crippen molar-refractivity contribution >= 4 is 17.4 Å². The van der Waals surface area contributed by atoms with E-state index in [0.29, 0.717) is 22.8 Å². The van der Waals surface area contributed by atoms with Crippen molar-refractivity contribution in [2.24, 2.45) is 0 Å². The second-order valence-corrected chi connectivity index (χ2v) is 5.49. The number of aromatic nitrogens is 2. The van der Waals surface area contributed by atoms with Gasteiger partial charge in [0.05, 0.1) is 18.6 Å². The smallest absolute Gasteiger partial charge is 0.252 e. The van der Waals surface area contributed by atoms with Crippen molar-refractivity contribution in [3.05, 3.63) is 71.8 Å². The molecular formula is C18H18N4O3. The van der Waals surface area contributed by atoms with Crippen LogP contribution in [-0.2, 0) is 0 Å². The Kier molecular flexibility index (Phi) is 5.06. The zero-order valence-electron chi connectivity index (χ0n) is 13.6.